The SMILES string of the molecule is CCNC(=NCCc1coc(-c2ccc(F)cc2)n1)NC1CCN(c2ccccc2)C1.I. The fourth-order valence-corrected chi connectivity index (χ4v) is 3.69. The molecule has 4 rings (SSSR count). The van der Waals surface area contributed by atoms with Crippen molar-refractivity contribution in [1.82, 2.24) is 15.6 Å². The van der Waals surface area contributed by atoms with Crippen LogP contribution in [0.25, 0.3) is 11.5 Å². The third kappa shape index (κ3) is 6.44. The van der Waals surface area contributed by atoms with Gasteiger partial charge in [-0.05, 0) is 49.7 Å². The number of anilines is 1. The van der Waals surface area contributed by atoms with Crippen LogP contribution in [0.2, 0.25) is 0 Å². The zero-order valence-electron chi connectivity index (χ0n) is 18.1. The van der Waals surface area contributed by atoms with Crippen molar-refractivity contribution >= 4 is 35.6 Å². The summed E-state index contributed by atoms with van der Waals surface area (Å²) in [5, 5.41) is 6.88. The molecule has 0 aliphatic carbocycles. The Morgan fingerprint density at radius 3 is 2.72 bits per heavy atom. The van der Waals surface area contributed by atoms with Crippen LogP contribution in [-0.2, 0) is 6.42 Å². The minimum absolute atomic E-state index is 0. The molecule has 2 heterocycles. The topological polar surface area (TPSA) is 65.7 Å². The Morgan fingerprint density at radius 2 is 1.97 bits per heavy atom. The molecular weight excluding hydrogens is 520 g/mol. The van der Waals surface area contributed by atoms with Crippen molar-refractivity contribution in [3.8, 4) is 11.5 Å². The van der Waals surface area contributed by atoms with Gasteiger partial charge >= 0.3 is 0 Å². The van der Waals surface area contributed by atoms with Crippen LogP contribution in [0.15, 0.2) is 70.3 Å². The van der Waals surface area contributed by atoms with E-state index in [9.17, 15) is 4.39 Å². The Morgan fingerprint density at radius 1 is 1.19 bits per heavy atom. The summed E-state index contributed by atoms with van der Waals surface area (Å²) in [7, 11) is 0. The number of hydrogen-bond acceptors (Lipinski definition) is 4. The number of nitrogens with one attached hydrogen (secondary N) is 2. The molecule has 1 aliphatic heterocycles. The number of nitrogens with zero attached hydrogens (tertiary/aromatic N) is 3. The molecule has 1 aliphatic rings. The highest BCUT2D eigenvalue weighted by Gasteiger charge is 2.23. The van der Waals surface area contributed by atoms with E-state index in [2.05, 4.69) is 51.7 Å². The van der Waals surface area contributed by atoms with E-state index in [1.165, 1.54) is 17.8 Å². The lowest BCUT2D eigenvalue weighted by atomic mass is 10.2. The lowest BCUT2D eigenvalue weighted by Gasteiger charge is -2.20. The fraction of sp³-hybridized carbons (Fsp3) is 0.333. The molecule has 2 N–H and O–H groups in total. The number of aliphatic imine (C=N–C) groups is 1. The van der Waals surface area contributed by atoms with Crippen molar-refractivity contribution in [1.29, 1.82) is 0 Å². The summed E-state index contributed by atoms with van der Waals surface area (Å²) in [6, 6.07) is 17.0. The number of rotatable bonds is 7. The molecule has 1 atom stereocenters. The normalized spacial score (nSPS) is 16.0. The zero-order chi connectivity index (χ0) is 21.5. The maximum Gasteiger partial charge on any atom is 0.226 e. The lowest BCUT2D eigenvalue weighted by molar-refractivity contribution is 0.572. The summed E-state index contributed by atoms with van der Waals surface area (Å²) in [4.78, 5) is 11.6. The summed E-state index contributed by atoms with van der Waals surface area (Å²) >= 11 is 0. The molecule has 170 valence electrons. The summed E-state index contributed by atoms with van der Waals surface area (Å²) in [6.07, 6.45) is 3.38. The van der Waals surface area contributed by atoms with Gasteiger partial charge in [0.2, 0.25) is 5.89 Å². The number of halogens is 2. The maximum absolute atomic E-state index is 13.1. The van der Waals surface area contributed by atoms with Gasteiger partial charge in [0.05, 0.1) is 5.69 Å². The molecule has 0 amide bonds. The lowest BCUT2D eigenvalue weighted by Crippen LogP contribution is -2.44. The van der Waals surface area contributed by atoms with Crippen molar-refractivity contribution in [3.05, 3.63) is 72.4 Å². The largest absolute Gasteiger partial charge is 0.444 e. The Labute approximate surface area is 205 Å². The molecule has 1 unspecified atom stereocenters. The standard InChI is InChI=1S/C24H28FN5O.HI/c1-2-26-24(29-20-13-15-30(16-20)22-6-4-3-5-7-22)27-14-12-21-17-31-23(28-21)18-8-10-19(25)11-9-18;/h3-11,17,20H,2,12-16H2,1H3,(H2,26,27,29);1H. The van der Waals surface area contributed by atoms with Crippen LogP contribution >= 0.6 is 24.0 Å². The van der Waals surface area contributed by atoms with Gasteiger partial charge in [0.1, 0.15) is 12.1 Å². The molecule has 32 heavy (non-hydrogen) atoms. The highest BCUT2D eigenvalue weighted by Crippen LogP contribution is 2.20. The van der Waals surface area contributed by atoms with Crippen molar-refractivity contribution in [2.75, 3.05) is 31.1 Å². The monoisotopic (exact) mass is 549 g/mol. The van der Waals surface area contributed by atoms with Gasteiger partial charge in [0.15, 0.2) is 5.96 Å². The van der Waals surface area contributed by atoms with Crippen LogP contribution in [0.3, 0.4) is 0 Å². The molecule has 1 aromatic heterocycles. The summed E-state index contributed by atoms with van der Waals surface area (Å²) in [5.74, 6) is 1.04. The highest BCUT2D eigenvalue weighted by molar-refractivity contribution is 14.0. The van der Waals surface area contributed by atoms with E-state index in [-0.39, 0.29) is 29.8 Å². The Kier molecular flexibility index (Phi) is 8.90. The minimum atomic E-state index is -0.275. The second-order valence-corrected chi connectivity index (χ2v) is 7.57. The van der Waals surface area contributed by atoms with E-state index in [0.717, 1.165) is 43.3 Å². The first-order valence-electron chi connectivity index (χ1n) is 10.8. The third-order valence-corrected chi connectivity index (χ3v) is 5.28. The van der Waals surface area contributed by atoms with Gasteiger partial charge in [-0.1, -0.05) is 18.2 Å². The van der Waals surface area contributed by atoms with Gasteiger partial charge in [-0.3, -0.25) is 4.99 Å². The smallest absolute Gasteiger partial charge is 0.226 e. The number of para-hydroxylation sites is 1. The second kappa shape index (κ2) is 11.8. The molecule has 0 saturated carbocycles. The van der Waals surface area contributed by atoms with Crippen LogP contribution in [0.4, 0.5) is 10.1 Å². The van der Waals surface area contributed by atoms with Crippen LogP contribution in [0.1, 0.15) is 19.0 Å². The Hall–Kier alpha value is -2.62. The van der Waals surface area contributed by atoms with E-state index in [1.807, 2.05) is 6.07 Å². The molecular formula is C24H29FIN5O. The van der Waals surface area contributed by atoms with Crippen LogP contribution in [-0.4, -0.2) is 43.2 Å². The average molecular weight is 549 g/mol. The summed E-state index contributed by atoms with van der Waals surface area (Å²) < 4.78 is 18.6. The fourth-order valence-electron chi connectivity index (χ4n) is 3.69. The third-order valence-electron chi connectivity index (χ3n) is 5.28. The number of guanidine groups is 1. The van der Waals surface area contributed by atoms with Crippen molar-refractivity contribution in [2.45, 2.75) is 25.8 Å². The predicted molar refractivity (Wildman–Crippen MR) is 137 cm³/mol. The van der Waals surface area contributed by atoms with Crippen LogP contribution < -0.4 is 15.5 Å². The van der Waals surface area contributed by atoms with Gasteiger partial charge < -0.3 is 20.0 Å². The second-order valence-electron chi connectivity index (χ2n) is 7.57. The van der Waals surface area contributed by atoms with Crippen molar-refractivity contribution in [3.63, 3.8) is 0 Å². The van der Waals surface area contributed by atoms with E-state index < -0.39 is 0 Å². The predicted octanol–water partition coefficient (Wildman–Crippen LogP) is 4.48. The number of aromatic nitrogens is 1. The first kappa shape index (κ1) is 24.0. The minimum Gasteiger partial charge on any atom is -0.444 e. The molecule has 1 saturated heterocycles. The summed E-state index contributed by atoms with van der Waals surface area (Å²) in [5.41, 5.74) is 2.85. The zero-order valence-corrected chi connectivity index (χ0v) is 20.5. The van der Waals surface area contributed by atoms with E-state index in [4.69, 9.17) is 9.41 Å². The molecule has 6 nitrogen and oxygen atoms in total. The van der Waals surface area contributed by atoms with Crippen LogP contribution in [0.5, 0.6) is 0 Å². The highest BCUT2D eigenvalue weighted by atomic mass is 127. The van der Waals surface area contributed by atoms with Gasteiger partial charge in [-0.15, -0.1) is 24.0 Å². The van der Waals surface area contributed by atoms with E-state index in [1.54, 1.807) is 18.4 Å². The first-order chi connectivity index (χ1) is 15.2. The van der Waals surface area contributed by atoms with Gasteiger partial charge in [-0.2, -0.15) is 0 Å². The number of oxazole rings is 1. The molecule has 0 bridgehead atoms. The Bertz CT molecular complexity index is 993. The molecule has 0 spiro atoms. The Balaban J connectivity index is 0.00000289. The quantitative estimate of drug-likeness (QED) is 0.259. The van der Waals surface area contributed by atoms with Gasteiger partial charge in [0, 0.05) is 49.9 Å². The first-order valence-corrected chi connectivity index (χ1v) is 10.8. The molecule has 2 aromatic carbocycles. The molecule has 1 fully saturated rings. The van der Waals surface area contributed by atoms with E-state index in [0.29, 0.717) is 24.9 Å². The van der Waals surface area contributed by atoms with E-state index >= 15 is 0 Å². The molecule has 8 heteroatoms. The van der Waals surface area contributed by atoms with Crippen molar-refractivity contribution in [2.24, 2.45) is 4.99 Å². The van der Waals surface area contributed by atoms with Crippen molar-refractivity contribution < 1.29 is 8.81 Å². The number of benzene rings is 2. The average Bonchev–Trinajstić information content (AvgIpc) is 3.45. The summed E-state index contributed by atoms with van der Waals surface area (Å²) in [6.45, 7) is 5.46. The van der Waals surface area contributed by atoms with Gasteiger partial charge in [-0.25, -0.2) is 9.37 Å². The van der Waals surface area contributed by atoms with Gasteiger partial charge in [0.25, 0.3) is 0 Å². The molecule has 3 aromatic rings. The molecule has 0 radical (unpaired) electrons. The number of hydrogen-bond donors (Lipinski definition) is 2. The van der Waals surface area contributed by atoms with Crippen LogP contribution in [0, 0.1) is 5.82 Å². The maximum atomic E-state index is 13.1.